The largest absolute Gasteiger partial charge is 0.462 e. The van der Waals surface area contributed by atoms with Gasteiger partial charge in [0.25, 0.3) is 0 Å². The van der Waals surface area contributed by atoms with Gasteiger partial charge in [-0.2, -0.15) is 0 Å². The van der Waals surface area contributed by atoms with E-state index in [-0.39, 0.29) is 17.8 Å². The molecule has 0 saturated carbocycles. The Labute approximate surface area is 116 Å². The number of aryl methyl sites for hydroxylation is 1. The molecule has 0 spiro atoms. The molecule has 1 fully saturated rings. The van der Waals surface area contributed by atoms with Gasteiger partial charge in [0.2, 0.25) is 5.91 Å². The Morgan fingerprint density at radius 2 is 2.11 bits per heavy atom. The van der Waals surface area contributed by atoms with Gasteiger partial charge in [-0.15, -0.1) is 11.3 Å². The molecule has 0 bridgehead atoms. The van der Waals surface area contributed by atoms with E-state index >= 15 is 0 Å². The Hall–Kier alpha value is -1.40. The lowest BCUT2D eigenvalue weighted by molar-refractivity contribution is -0.121. The lowest BCUT2D eigenvalue weighted by Gasteiger charge is -2.25. The number of anilines is 1. The van der Waals surface area contributed by atoms with Gasteiger partial charge in [0.1, 0.15) is 5.00 Å². The standard InChI is InChI=1S/C13H18N2O3S/c1-4-18-13(17)10-7(2)8(3)19-12(10)15-11(16)9-5-14-6-9/h9,14H,4-6H2,1-3H3,(H,15,16). The topological polar surface area (TPSA) is 67.4 Å². The van der Waals surface area contributed by atoms with Crippen molar-refractivity contribution in [2.24, 2.45) is 5.92 Å². The molecule has 19 heavy (non-hydrogen) atoms. The summed E-state index contributed by atoms with van der Waals surface area (Å²) in [6.07, 6.45) is 0. The predicted molar refractivity (Wildman–Crippen MR) is 74.7 cm³/mol. The van der Waals surface area contributed by atoms with Crippen molar-refractivity contribution in [3.05, 3.63) is 16.0 Å². The number of hydrogen-bond donors (Lipinski definition) is 2. The molecule has 1 amide bonds. The van der Waals surface area contributed by atoms with Gasteiger partial charge < -0.3 is 15.4 Å². The molecule has 2 heterocycles. The normalized spacial score (nSPS) is 14.9. The molecule has 0 radical (unpaired) electrons. The van der Waals surface area contributed by atoms with E-state index in [1.807, 2.05) is 13.8 Å². The van der Waals surface area contributed by atoms with Gasteiger partial charge in [-0.3, -0.25) is 4.79 Å². The Bertz CT molecular complexity index is 506. The minimum atomic E-state index is -0.369. The van der Waals surface area contributed by atoms with E-state index < -0.39 is 0 Å². The zero-order chi connectivity index (χ0) is 14.0. The van der Waals surface area contributed by atoms with Crippen molar-refractivity contribution < 1.29 is 14.3 Å². The van der Waals surface area contributed by atoms with Crippen LogP contribution in [-0.2, 0) is 9.53 Å². The Kier molecular flexibility index (Phi) is 4.21. The number of thiophene rings is 1. The Morgan fingerprint density at radius 1 is 1.42 bits per heavy atom. The SMILES string of the molecule is CCOC(=O)c1c(NC(=O)C2CNC2)sc(C)c1C. The van der Waals surface area contributed by atoms with Crippen molar-refractivity contribution in [1.29, 1.82) is 0 Å². The minimum Gasteiger partial charge on any atom is -0.462 e. The van der Waals surface area contributed by atoms with Crippen molar-refractivity contribution in [2.45, 2.75) is 20.8 Å². The van der Waals surface area contributed by atoms with Crippen molar-refractivity contribution in [2.75, 3.05) is 25.0 Å². The highest BCUT2D eigenvalue weighted by Crippen LogP contribution is 2.33. The fourth-order valence-electron chi connectivity index (χ4n) is 1.85. The van der Waals surface area contributed by atoms with Crippen molar-refractivity contribution in [3.8, 4) is 0 Å². The minimum absolute atomic E-state index is 0.00208. The third kappa shape index (κ3) is 2.79. The van der Waals surface area contributed by atoms with Gasteiger partial charge in [-0.05, 0) is 26.3 Å². The van der Waals surface area contributed by atoms with Crippen LogP contribution >= 0.6 is 11.3 Å². The number of carbonyl (C=O) groups is 2. The molecular weight excluding hydrogens is 264 g/mol. The average Bonchev–Trinajstić information content (AvgIpc) is 2.52. The van der Waals surface area contributed by atoms with Crippen LogP contribution in [0.4, 0.5) is 5.00 Å². The van der Waals surface area contributed by atoms with Gasteiger partial charge in [0.05, 0.1) is 18.1 Å². The molecule has 2 rings (SSSR count). The summed E-state index contributed by atoms with van der Waals surface area (Å²) >= 11 is 1.42. The van der Waals surface area contributed by atoms with E-state index in [9.17, 15) is 9.59 Å². The molecule has 1 saturated heterocycles. The first kappa shape index (κ1) is 14.0. The molecule has 5 nitrogen and oxygen atoms in total. The molecule has 104 valence electrons. The quantitative estimate of drug-likeness (QED) is 0.825. The molecule has 1 aliphatic rings. The van der Waals surface area contributed by atoms with Crippen LogP contribution in [0.25, 0.3) is 0 Å². The van der Waals surface area contributed by atoms with Crippen LogP contribution in [0, 0.1) is 19.8 Å². The number of amides is 1. The number of carbonyl (C=O) groups excluding carboxylic acids is 2. The number of nitrogens with one attached hydrogen (secondary N) is 2. The fraction of sp³-hybridized carbons (Fsp3) is 0.538. The number of rotatable bonds is 4. The predicted octanol–water partition coefficient (Wildman–Crippen LogP) is 1.70. The maximum atomic E-state index is 12.0. The fourth-order valence-corrected chi connectivity index (χ4v) is 2.90. The smallest absolute Gasteiger partial charge is 0.341 e. The van der Waals surface area contributed by atoms with Gasteiger partial charge >= 0.3 is 5.97 Å². The monoisotopic (exact) mass is 282 g/mol. The highest BCUT2D eigenvalue weighted by Gasteiger charge is 2.28. The van der Waals surface area contributed by atoms with Crippen LogP contribution in [0.3, 0.4) is 0 Å². The molecule has 0 atom stereocenters. The van der Waals surface area contributed by atoms with Crippen LogP contribution in [-0.4, -0.2) is 31.6 Å². The van der Waals surface area contributed by atoms with E-state index in [0.29, 0.717) is 30.3 Å². The second-order valence-corrected chi connectivity index (χ2v) is 5.78. The molecule has 1 aromatic heterocycles. The Balaban J connectivity index is 2.21. The lowest BCUT2D eigenvalue weighted by atomic mass is 10.0. The molecule has 0 aliphatic carbocycles. The molecular formula is C13H18N2O3S. The molecule has 0 unspecified atom stereocenters. The van der Waals surface area contributed by atoms with Crippen LogP contribution in [0.2, 0.25) is 0 Å². The molecule has 0 aromatic carbocycles. The zero-order valence-corrected chi connectivity index (χ0v) is 12.1. The van der Waals surface area contributed by atoms with Crippen LogP contribution < -0.4 is 10.6 Å². The van der Waals surface area contributed by atoms with E-state index in [1.165, 1.54) is 11.3 Å². The number of esters is 1. The van der Waals surface area contributed by atoms with Gasteiger partial charge in [0.15, 0.2) is 0 Å². The summed E-state index contributed by atoms with van der Waals surface area (Å²) in [5.41, 5.74) is 1.37. The first-order valence-corrected chi connectivity index (χ1v) is 7.15. The van der Waals surface area contributed by atoms with Crippen molar-refractivity contribution in [3.63, 3.8) is 0 Å². The van der Waals surface area contributed by atoms with Gasteiger partial charge in [-0.1, -0.05) is 0 Å². The summed E-state index contributed by atoms with van der Waals surface area (Å²) in [4.78, 5) is 24.9. The average molecular weight is 282 g/mol. The maximum Gasteiger partial charge on any atom is 0.341 e. The van der Waals surface area contributed by atoms with Crippen LogP contribution in [0.5, 0.6) is 0 Å². The van der Waals surface area contributed by atoms with Gasteiger partial charge in [-0.25, -0.2) is 4.79 Å². The summed E-state index contributed by atoms with van der Waals surface area (Å²) in [5, 5.41) is 6.51. The van der Waals surface area contributed by atoms with Crippen LogP contribution in [0.15, 0.2) is 0 Å². The number of hydrogen-bond acceptors (Lipinski definition) is 5. The summed E-state index contributed by atoms with van der Waals surface area (Å²) < 4.78 is 5.05. The van der Waals surface area contributed by atoms with Crippen LogP contribution in [0.1, 0.15) is 27.7 Å². The van der Waals surface area contributed by atoms with E-state index in [0.717, 1.165) is 10.4 Å². The third-order valence-corrected chi connectivity index (χ3v) is 4.38. The summed E-state index contributed by atoms with van der Waals surface area (Å²) in [7, 11) is 0. The summed E-state index contributed by atoms with van der Waals surface area (Å²) in [6, 6.07) is 0. The molecule has 6 heteroatoms. The van der Waals surface area contributed by atoms with Gasteiger partial charge in [0, 0.05) is 18.0 Å². The summed E-state index contributed by atoms with van der Waals surface area (Å²) in [6.45, 7) is 7.30. The molecule has 1 aliphatic heterocycles. The van der Waals surface area contributed by atoms with E-state index in [4.69, 9.17) is 4.74 Å². The van der Waals surface area contributed by atoms with E-state index in [1.54, 1.807) is 6.92 Å². The first-order valence-electron chi connectivity index (χ1n) is 6.33. The third-order valence-electron chi connectivity index (χ3n) is 3.25. The number of ether oxygens (including phenoxy) is 1. The first-order chi connectivity index (χ1) is 9.04. The second kappa shape index (κ2) is 5.71. The highest BCUT2D eigenvalue weighted by molar-refractivity contribution is 7.16. The van der Waals surface area contributed by atoms with E-state index in [2.05, 4.69) is 10.6 Å². The summed E-state index contributed by atoms with van der Waals surface area (Å²) in [5.74, 6) is -0.408. The molecule has 1 aromatic rings. The Morgan fingerprint density at radius 3 is 2.63 bits per heavy atom. The van der Waals surface area contributed by atoms with Crippen molar-refractivity contribution in [1.82, 2.24) is 5.32 Å². The second-order valence-electron chi connectivity index (χ2n) is 4.55. The van der Waals surface area contributed by atoms with Crippen molar-refractivity contribution >= 4 is 28.2 Å². The highest BCUT2D eigenvalue weighted by atomic mass is 32.1. The molecule has 2 N–H and O–H groups in total. The zero-order valence-electron chi connectivity index (χ0n) is 11.3. The maximum absolute atomic E-state index is 12.0. The lowest BCUT2D eigenvalue weighted by Crippen LogP contribution is -2.48.